The van der Waals surface area contributed by atoms with Gasteiger partial charge < -0.3 is 29.4 Å². The second-order valence-electron chi connectivity index (χ2n) is 12.9. The summed E-state index contributed by atoms with van der Waals surface area (Å²) in [5.74, 6) is -0.345. The predicted molar refractivity (Wildman–Crippen MR) is 181 cm³/mol. The highest BCUT2D eigenvalue weighted by atomic mass is 16.7. The number of hydrogen-bond donors (Lipinski definition) is 0. The number of ether oxygens (including phenoxy) is 1. The summed E-state index contributed by atoms with van der Waals surface area (Å²) < 4.78 is 18.2. The molecule has 46 heavy (non-hydrogen) atoms. The second kappa shape index (κ2) is 12.6. The highest BCUT2D eigenvalue weighted by Crippen LogP contribution is 2.48. The quantitative estimate of drug-likeness (QED) is 0.189. The molecule has 0 bridgehead atoms. The van der Waals surface area contributed by atoms with E-state index in [2.05, 4.69) is 50.9 Å². The molecule has 0 aliphatic carbocycles. The van der Waals surface area contributed by atoms with Crippen LogP contribution in [0.3, 0.4) is 0 Å². The van der Waals surface area contributed by atoms with Gasteiger partial charge in [-0.15, -0.1) is 0 Å². The van der Waals surface area contributed by atoms with Gasteiger partial charge in [0.1, 0.15) is 0 Å². The van der Waals surface area contributed by atoms with Crippen molar-refractivity contribution in [1.82, 2.24) is 10.0 Å². The molecule has 3 aliphatic rings. The lowest BCUT2D eigenvalue weighted by molar-refractivity contribution is -0.134. The number of esters is 1. The van der Waals surface area contributed by atoms with Crippen LogP contribution in [0.25, 0.3) is 11.5 Å². The van der Waals surface area contributed by atoms with Gasteiger partial charge in [0.05, 0.1) is 18.3 Å². The first-order valence-corrected chi connectivity index (χ1v) is 16.0. The normalized spacial score (nSPS) is 20.8. The molecule has 1 fully saturated rings. The Kier molecular flexibility index (Phi) is 8.71. The van der Waals surface area contributed by atoms with Crippen molar-refractivity contribution in [1.29, 1.82) is 0 Å². The SMILES string of the molecule is CCN1c2ccc(/C=C/C(=O)OC)c(C)c2[N-]N1CC1(C)OB(c2ccc3c(c2)CN(C(=O)c2ccccc2)CCC3)OC1(C)C. The van der Waals surface area contributed by atoms with Gasteiger partial charge >= 0.3 is 13.1 Å². The maximum absolute atomic E-state index is 13.3. The number of rotatable bonds is 7. The van der Waals surface area contributed by atoms with Gasteiger partial charge in [-0.05, 0) is 93.9 Å². The van der Waals surface area contributed by atoms with Gasteiger partial charge in [0.2, 0.25) is 0 Å². The van der Waals surface area contributed by atoms with E-state index < -0.39 is 24.3 Å². The Balaban J connectivity index is 1.21. The third-order valence-electron chi connectivity index (χ3n) is 9.65. The van der Waals surface area contributed by atoms with Crippen molar-refractivity contribution < 1.29 is 23.6 Å². The van der Waals surface area contributed by atoms with Gasteiger partial charge in [-0.2, -0.15) is 0 Å². The van der Waals surface area contributed by atoms with Gasteiger partial charge in [0.25, 0.3) is 5.91 Å². The number of aryl methyl sites for hydroxylation is 1. The molecule has 1 atom stereocenters. The molecule has 10 heteroatoms. The average Bonchev–Trinajstić information content (AvgIpc) is 3.41. The van der Waals surface area contributed by atoms with Crippen LogP contribution in [-0.2, 0) is 31.8 Å². The highest BCUT2D eigenvalue weighted by Gasteiger charge is 2.55. The van der Waals surface area contributed by atoms with Crippen LogP contribution >= 0.6 is 0 Å². The van der Waals surface area contributed by atoms with Crippen molar-refractivity contribution in [2.75, 3.05) is 31.8 Å². The maximum atomic E-state index is 13.3. The number of hydrogen-bond acceptors (Lipinski definition) is 7. The Hall–Kier alpha value is -4.12. The third-order valence-corrected chi connectivity index (χ3v) is 9.65. The first-order valence-electron chi connectivity index (χ1n) is 16.0. The molecule has 9 nitrogen and oxygen atoms in total. The first-order chi connectivity index (χ1) is 22.0. The molecular weight excluding hydrogens is 579 g/mol. The summed E-state index contributed by atoms with van der Waals surface area (Å²) in [6.45, 7) is 12.8. The largest absolute Gasteiger partial charge is 0.599 e. The molecule has 240 valence electrons. The lowest BCUT2D eigenvalue weighted by atomic mass is 9.77. The highest BCUT2D eigenvalue weighted by molar-refractivity contribution is 6.62. The molecule has 1 saturated heterocycles. The van der Waals surface area contributed by atoms with Crippen molar-refractivity contribution >= 4 is 41.9 Å². The molecule has 0 spiro atoms. The van der Waals surface area contributed by atoms with Crippen LogP contribution in [0.15, 0.2) is 66.7 Å². The minimum atomic E-state index is -0.708. The summed E-state index contributed by atoms with van der Waals surface area (Å²) in [7, 11) is 0.801. The fourth-order valence-electron chi connectivity index (χ4n) is 6.48. The number of benzene rings is 3. The minimum Gasteiger partial charge on any atom is -0.599 e. The molecule has 3 aromatic rings. The van der Waals surface area contributed by atoms with Crippen molar-refractivity contribution in [2.24, 2.45) is 0 Å². The topological polar surface area (TPSA) is 85.7 Å². The Morgan fingerprint density at radius 2 is 1.83 bits per heavy atom. The van der Waals surface area contributed by atoms with E-state index >= 15 is 0 Å². The first kappa shape index (κ1) is 31.9. The molecule has 0 saturated carbocycles. The van der Waals surface area contributed by atoms with Crippen LogP contribution in [0.5, 0.6) is 0 Å². The Morgan fingerprint density at radius 3 is 2.57 bits per heavy atom. The number of carbonyl (C=O) groups excluding carboxylic acids is 2. The van der Waals surface area contributed by atoms with Gasteiger partial charge in [-0.1, -0.05) is 53.7 Å². The van der Waals surface area contributed by atoms with Crippen LogP contribution in [0.2, 0.25) is 0 Å². The van der Waals surface area contributed by atoms with E-state index in [4.69, 9.17) is 19.5 Å². The standard InChI is InChI=1S/C36H42BN4O5/c1-7-40-31-19-16-26(17-20-32(42)44-6)25(2)33(31)38-41(40)24-36(5)35(3,4)45-37(46-36)30-18-15-27-14-11-21-39(23-29(27)22-30)34(43)28-12-9-8-10-13-28/h8-10,12-13,15-20,22H,7,11,14,21,23-24H2,1-6H3/q-1/b20-17+. The predicted octanol–water partition coefficient (Wildman–Crippen LogP) is 5.73. The van der Waals surface area contributed by atoms with Crippen LogP contribution in [-0.4, -0.2) is 67.0 Å². The van der Waals surface area contributed by atoms with Crippen LogP contribution < -0.4 is 10.5 Å². The lowest BCUT2D eigenvalue weighted by Gasteiger charge is -2.46. The molecular formula is C36H42BN4O5-. The van der Waals surface area contributed by atoms with Crippen molar-refractivity contribution in [2.45, 2.75) is 65.2 Å². The Morgan fingerprint density at radius 1 is 1.04 bits per heavy atom. The van der Waals surface area contributed by atoms with E-state index in [0.29, 0.717) is 18.7 Å². The van der Waals surface area contributed by atoms with E-state index in [9.17, 15) is 9.59 Å². The number of carbonyl (C=O) groups is 2. The number of hydrazine groups is 1. The Labute approximate surface area is 272 Å². The average molecular weight is 622 g/mol. The summed E-state index contributed by atoms with van der Waals surface area (Å²) in [6, 6.07) is 19.9. The van der Waals surface area contributed by atoms with E-state index in [-0.39, 0.29) is 5.91 Å². The van der Waals surface area contributed by atoms with Gasteiger partial charge in [0, 0.05) is 43.5 Å². The zero-order valence-electron chi connectivity index (χ0n) is 27.6. The van der Waals surface area contributed by atoms with Crippen molar-refractivity contribution in [3.63, 3.8) is 0 Å². The van der Waals surface area contributed by atoms with E-state index in [1.165, 1.54) is 18.7 Å². The molecule has 0 aromatic heterocycles. The smallest absolute Gasteiger partial charge is 0.494 e. The minimum absolute atomic E-state index is 0.0543. The number of methoxy groups -OCH3 is 1. The molecule has 0 radical (unpaired) electrons. The molecule has 3 heterocycles. The maximum Gasteiger partial charge on any atom is 0.494 e. The van der Waals surface area contributed by atoms with Crippen LogP contribution in [0.4, 0.5) is 11.4 Å². The number of amides is 1. The van der Waals surface area contributed by atoms with Crippen molar-refractivity contribution in [3.8, 4) is 0 Å². The zero-order valence-corrected chi connectivity index (χ0v) is 27.6. The summed E-state index contributed by atoms with van der Waals surface area (Å²) in [4.78, 5) is 27.0. The molecule has 1 unspecified atom stereocenters. The number of nitrogens with zero attached hydrogens (tertiary/aromatic N) is 4. The van der Waals surface area contributed by atoms with E-state index in [1.54, 1.807) is 6.08 Å². The third kappa shape index (κ3) is 5.93. The molecule has 3 aromatic carbocycles. The summed E-state index contributed by atoms with van der Waals surface area (Å²) >= 11 is 0. The molecule has 3 aliphatic heterocycles. The second-order valence-corrected chi connectivity index (χ2v) is 12.9. The van der Waals surface area contributed by atoms with Crippen LogP contribution in [0.1, 0.15) is 66.7 Å². The van der Waals surface area contributed by atoms with E-state index in [1.807, 2.05) is 59.4 Å². The monoisotopic (exact) mass is 621 g/mol. The van der Waals surface area contributed by atoms with Crippen LogP contribution in [0, 0.1) is 6.92 Å². The zero-order chi connectivity index (χ0) is 32.6. The fraction of sp³-hybridized carbons (Fsp3) is 0.389. The van der Waals surface area contributed by atoms with Gasteiger partial charge in [0.15, 0.2) is 0 Å². The fourth-order valence-corrected chi connectivity index (χ4v) is 6.48. The summed E-state index contributed by atoms with van der Waals surface area (Å²) in [6.07, 6.45) is 5.03. The number of fused-ring (bicyclic) bond motifs is 2. The van der Waals surface area contributed by atoms with Crippen molar-refractivity contribution in [3.05, 3.63) is 100.0 Å². The summed E-state index contributed by atoms with van der Waals surface area (Å²) in [5.41, 5.74) is 11.5. The summed E-state index contributed by atoms with van der Waals surface area (Å²) in [5, 5.41) is 4.12. The van der Waals surface area contributed by atoms with Gasteiger partial charge in [-0.25, -0.2) is 4.79 Å². The molecule has 0 N–H and O–H groups in total. The Bertz CT molecular complexity index is 1660. The van der Waals surface area contributed by atoms with Gasteiger partial charge in [-0.3, -0.25) is 9.91 Å². The molecule has 6 rings (SSSR count). The number of anilines is 1. The van der Waals surface area contributed by atoms with E-state index in [0.717, 1.165) is 59.5 Å². The lowest BCUT2D eigenvalue weighted by Crippen LogP contribution is -2.54. The molecule has 1 amide bonds.